The standard InChI is InChI=1S/C18H27N3/c1-2-6-18(20-10-3-4-11-20)15(5-1)13-19-16-9-12-21(14-16)17-7-8-17/h1-2,5-6,16-17,19H,3-4,7-14H2. The number of nitrogens with one attached hydrogen (secondary N) is 1. The lowest BCUT2D eigenvalue weighted by atomic mass is 10.1. The van der Waals surface area contributed by atoms with Crippen molar-refractivity contribution in [3.05, 3.63) is 29.8 Å². The summed E-state index contributed by atoms with van der Waals surface area (Å²) in [6.45, 7) is 6.05. The summed E-state index contributed by atoms with van der Waals surface area (Å²) in [6, 6.07) is 10.6. The van der Waals surface area contributed by atoms with Gasteiger partial charge in [-0.05, 0) is 43.7 Å². The molecule has 4 rings (SSSR count). The lowest BCUT2D eigenvalue weighted by Crippen LogP contribution is -2.33. The molecule has 1 atom stereocenters. The Balaban J connectivity index is 1.36. The van der Waals surface area contributed by atoms with E-state index in [9.17, 15) is 0 Å². The molecule has 3 heteroatoms. The average Bonchev–Trinajstić information content (AvgIpc) is 3.04. The minimum absolute atomic E-state index is 0.692. The molecular formula is C18H27N3. The Hall–Kier alpha value is -1.06. The fourth-order valence-corrected chi connectivity index (χ4v) is 3.91. The van der Waals surface area contributed by atoms with E-state index in [0.717, 1.165) is 12.6 Å². The monoisotopic (exact) mass is 285 g/mol. The lowest BCUT2D eigenvalue weighted by molar-refractivity contribution is 0.317. The smallest absolute Gasteiger partial charge is 0.0411 e. The van der Waals surface area contributed by atoms with Crippen LogP contribution in [0.25, 0.3) is 0 Å². The first kappa shape index (κ1) is 13.6. The highest BCUT2D eigenvalue weighted by Gasteiger charge is 2.34. The fraction of sp³-hybridized carbons (Fsp3) is 0.667. The van der Waals surface area contributed by atoms with Crippen molar-refractivity contribution in [3.63, 3.8) is 0 Å². The summed E-state index contributed by atoms with van der Waals surface area (Å²) in [4.78, 5) is 5.24. The van der Waals surface area contributed by atoms with Crippen molar-refractivity contribution in [1.29, 1.82) is 0 Å². The summed E-state index contributed by atoms with van der Waals surface area (Å²) in [6.07, 6.45) is 6.89. The molecule has 1 unspecified atom stereocenters. The molecule has 21 heavy (non-hydrogen) atoms. The van der Waals surface area contributed by atoms with E-state index < -0.39 is 0 Å². The van der Waals surface area contributed by atoms with Crippen LogP contribution in [0.5, 0.6) is 0 Å². The van der Waals surface area contributed by atoms with Gasteiger partial charge >= 0.3 is 0 Å². The predicted octanol–water partition coefficient (Wildman–Crippen LogP) is 2.61. The minimum Gasteiger partial charge on any atom is -0.371 e. The van der Waals surface area contributed by atoms with Crippen molar-refractivity contribution in [2.45, 2.75) is 50.7 Å². The summed E-state index contributed by atoms with van der Waals surface area (Å²) in [5.74, 6) is 0. The molecule has 1 N–H and O–H groups in total. The summed E-state index contributed by atoms with van der Waals surface area (Å²) < 4.78 is 0. The summed E-state index contributed by atoms with van der Waals surface area (Å²) in [5.41, 5.74) is 2.93. The average molecular weight is 285 g/mol. The number of nitrogens with zero attached hydrogens (tertiary/aromatic N) is 2. The van der Waals surface area contributed by atoms with E-state index in [1.807, 2.05) is 0 Å². The molecule has 1 saturated carbocycles. The maximum Gasteiger partial charge on any atom is 0.0411 e. The van der Waals surface area contributed by atoms with Gasteiger partial charge in [0.15, 0.2) is 0 Å². The number of hydrogen-bond donors (Lipinski definition) is 1. The third-order valence-corrected chi connectivity index (χ3v) is 5.30. The maximum atomic E-state index is 3.81. The van der Waals surface area contributed by atoms with Crippen LogP contribution in [0.3, 0.4) is 0 Å². The quantitative estimate of drug-likeness (QED) is 0.897. The fourth-order valence-electron chi connectivity index (χ4n) is 3.91. The first-order valence-electron chi connectivity index (χ1n) is 8.70. The molecule has 114 valence electrons. The Morgan fingerprint density at radius 1 is 1.00 bits per heavy atom. The van der Waals surface area contributed by atoms with Crippen LogP contribution in [0.2, 0.25) is 0 Å². The van der Waals surface area contributed by atoms with E-state index in [4.69, 9.17) is 0 Å². The SMILES string of the molecule is c1ccc(N2CCCC2)c(CNC2CCN(C3CC3)C2)c1. The lowest BCUT2D eigenvalue weighted by Gasteiger charge is -2.22. The number of benzene rings is 1. The Morgan fingerprint density at radius 2 is 1.81 bits per heavy atom. The van der Waals surface area contributed by atoms with Crippen molar-refractivity contribution in [1.82, 2.24) is 10.2 Å². The zero-order valence-corrected chi connectivity index (χ0v) is 12.9. The van der Waals surface area contributed by atoms with Gasteiger partial charge in [-0.3, -0.25) is 4.90 Å². The normalized spacial score (nSPS) is 26.7. The van der Waals surface area contributed by atoms with Gasteiger partial charge in [0.1, 0.15) is 0 Å². The summed E-state index contributed by atoms with van der Waals surface area (Å²) in [7, 11) is 0. The van der Waals surface area contributed by atoms with Crippen LogP contribution < -0.4 is 10.2 Å². The molecule has 1 aromatic carbocycles. The number of anilines is 1. The Kier molecular flexibility index (Phi) is 3.87. The first-order valence-corrected chi connectivity index (χ1v) is 8.70. The second-order valence-corrected chi connectivity index (χ2v) is 6.92. The summed E-state index contributed by atoms with van der Waals surface area (Å²) in [5, 5.41) is 3.81. The van der Waals surface area contributed by atoms with Crippen LogP contribution in [0.15, 0.2) is 24.3 Å². The van der Waals surface area contributed by atoms with Crippen LogP contribution in [0.4, 0.5) is 5.69 Å². The molecule has 0 bridgehead atoms. The first-order chi connectivity index (χ1) is 10.4. The van der Waals surface area contributed by atoms with Crippen molar-refractivity contribution in [3.8, 4) is 0 Å². The molecule has 3 nitrogen and oxygen atoms in total. The minimum atomic E-state index is 0.692. The molecule has 2 heterocycles. The van der Waals surface area contributed by atoms with E-state index >= 15 is 0 Å². The molecular weight excluding hydrogens is 258 g/mol. The Bertz CT molecular complexity index is 477. The second-order valence-electron chi connectivity index (χ2n) is 6.92. The molecule has 3 aliphatic rings. The zero-order chi connectivity index (χ0) is 14.1. The highest BCUT2D eigenvalue weighted by atomic mass is 15.2. The third-order valence-electron chi connectivity index (χ3n) is 5.30. The molecule has 0 spiro atoms. The van der Waals surface area contributed by atoms with Gasteiger partial charge in [0.25, 0.3) is 0 Å². The van der Waals surface area contributed by atoms with Crippen LogP contribution in [0.1, 0.15) is 37.7 Å². The van der Waals surface area contributed by atoms with Crippen LogP contribution in [-0.2, 0) is 6.54 Å². The van der Waals surface area contributed by atoms with Gasteiger partial charge in [0, 0.05) is 50.5 Å². The van der Waals surface area contributed by atoms with E-state index in [1.54, 1.807) is 0 Å². The van der Waals surface area contributed by atoms with Crippen LogP contribution in [-0.4, -0.2) is 43.2 Å². The summed E-state index contributed by atoms with van der Waals surface area (Å²) >= 11 is 0. The van der Waals surface area contributed by atoms with Gasteiger partial charge in [0.2, 0.25) is 0 Å². The van der Waals surface area contributed by atoms with Gasteiger partial charge in [-0.1, -0.05) is 18.2 Å². The van der Waals surface area contributed by atoms with Crippen LogP contribution >= 0.6 is 0 Å². The number of rotatable bonds is 5. The van der Waals surface area contributed by atoms with E-state index in [2.05, 4.69) is 39.4 Å². The van der Waals surface area contributed by atoms with E-state index in [0.29, 0.717) is 6.04 Å². The van der Waals surface area contributed by atoms with E-state index in [1.165, 1.54) is 69.5 Å². The van der Waals surface area contributed by atoms with Gasteiger partial charge in [0.05, 0.1) is 0 Å². The van der Waals surface area contributed by atoms with Crippen molar-refractivity contribution in [2.24, 2.45) is 0 Å². The molecule has 2 saturated heterocycles. The highest BCUT2D eigenvalue weighted by molar-refractivity contribution is 5.54. The van der Waals surface area contributed by atoms with Crippen molar-refractivity contribution < 1.29 is 0 Å². The molecule has 0 amide bonds. The van der Waals surface area contributed by atoms with E-state index in [-0.39, 0.29) is 0 Å². The number of para-hydroxylation sites is 1. The zero-order valence-electron chi connectivity index (χ0n) is 12.9. The topological polar surface area (TPSA) is 18.5 Å². The van der Waals surface area contributed by atoms with Crippen molar-refractivity contribution in [2.75, 3.05) is 31.1 Å². The number of likely N-dealkylation sites (tertiary alicyclic amines) is 1. The highest BCUT2D eigenvalue weighted by Crippen LogP contribution is 2.30. The Morgan fingerprint density at radius 3 is 2.62 bits per heavy atom. The molecule has 0 radical (unpaired) electrons. The third kappa shape index (κ3) is 3.09. The van der Waals surface area contributed by atoms with Gasteiger partial charge < -0.3 is 10.2 Å². The molecule has 3 fully saturated rings. The number of hydrogen-bond acceptors (Lipinski definition) is 3. The largest absolute Gasteiger partial charge is 0.371 e. The Labute approximate surface area is 128 Å². The maximum absolute atomic E-state index is 3.81. The predicted molar refractivity (Wildman–Crippen MR) is 87.7 cm³/mol. The van der Waals surface area contributed by atoms with Crippen molar-refractivity contribution >= 4 is 5.69 Å². The second kappa shape index (κ2) is 5.98. The van der Waals surface area contributed by atoms with Gasteiger partial charge in [-0.2, -0.15) is 0 Å². The molecule has 2 aliphatic heterocycles. The molecule has 1 aliphatic carbocycles. The van der Waals surface area contributed by atoms with Gasteiger partial charge in [-0.25, -0.2) is 0 Å². The molecule has 0 aromatic heterocycles. The van der Waals surface area contributed by atoms with Gasteiger partial charge in [-0.15, -0.1) is 0 Å². The molecule has 1 aromatic rings. The van der Waals surface area contributed by atoms with Crippen LogP contribution in [0, 0.1) is 0 Å².